The van der Waals surface area contributed by atoms with Crippen LogP contribution in [0.15, 0.2) is 0 Å². The second-order valence-corrected chi connectivity index (χ2v) is 1.96. The summed E-state index contributed by atoms with van der Waals surface area (Å²) in [5.74, 6) is 0.436. The van der Waals surface area contributed by atoms with Crippen molar-refractivity contribution in [2.45, 2.75) is 0 Å². The molecule has 3 nitrogen and oxygen atoms in total. The number of methoxy groups -OCH3 is 1. The Kier molecular flexibility index (Phi) is 4.22. The zero-order chi connectivity index (χ0) is 7.28. The van der Waals surface area contributed by atoms with E-state index < -0.39 is 0 Å². The van der Waals surface area contributed by atoms with Crippen LogP contribution >= 0.6 is 11.6 Å². The molecule has 0 fully saturated rings. The molecule has 0 aromatic rings. The van der Waals surface area contributed by atoms with Crippen LogP contribution in [0.25, 0.3) is 0 Å². The zero-order valence-electron chi connectivity index (χ0n) is 5.56. The molecule has 0 aliphatic carbocycles. The van der Waals surface area contributed by atoms with E-state index in [1.165, 1.54) is 12.0 Å². The van der Waals surface area contributed by atoms with Crippen LogP contribution in [-0.2, 0) is 4.74 Å². The lowest BCUT2D eigenvalue weighted by molar-refractivity contribution is 0.135. The minimum atomic E-state index is -0.351. The maximum absolute atomic E-state index is 10.5. The van der Waals surface area contributed by atoms with Crippen LogP contribution in [0.2, 0.25) is 0 Å². The molecule has 1 amide bonds. The van der Waals surface area contributed by atoms with Crippen molar-refractivity contribution in [2.75, 3.05) is 26.6 Å². The van der Waals surface area contributed by atoms with Gasteiger partial charge in [0.15, 0.2) is 0 Å². The SMILES string of the molecule is COC(=O)N(C)CCCl. The van der Waals surface area contributed by atoms with Crippen molar-refractivity contribution in [3.05, 3.63) is 0 Å². The fraction of sp³-hybridized carbons (Fsp3) is 0.800. The second-order valence-electron chi connectivity index (χ2n) is 1.58. The lowest BCUT2D eigenvalue weighted by Crippen LogP contribution is -2.28. The second kappa shape index (κ2) is 4.44. The summed E-state index contributed by atoms with van der Waals surface area (Å²) in [5.41, 5.74) is 0. The van der Waals surface area contributed by atoms with E-state index in [9.17, 15) is 4.79 Å². The molecule has 0 heterocycles. The predicted octanol–water partition coefficient (Wildman–Crippen LogP) is 0.923. The third-order valence-corrected chi connectivity index (χ3v) is 1.08. The van der Waals surface area contributed by atoms with Crippen LogP contribution in [0.4, 0.5) is 4.79 Å². The molecule has 0 aromatic heterocycles. The van der Waals surface area contributed by atoms with Gasteiger partial charge in [0.25, 0.3) is 0 Å². The van der Waals surface area contributed by atoms with Crippen molar-refractivity contribution in [3.8, 4) is 0 Å². The van der Waals surface area contributed by atoms with Crippen LogP contribution in [0.3, 0.4) is 0 Å². The highest BCUT2D eigenvalue weighted by Gasteiger charge is 2.04. The van der Waals surface area contributed by atoms with Gasteiger partial charge in [-0.3, -0.25) is 0 Å². The molecule has 0 radical (unpaired) electrons. The lowest BCUT2D eigenvalue weighted by Gasteiger charge is -2.12. The Bertz CT molecular complexity index is 97.0. The van der Waals surface area contributed by atoms with Crippen molar-refractivity contribution in [1.29, 1.82) is 0 Å². The van der Waals surface area contributed by atoms with Gasteiger partial charge in [-0.25, -0.2) is 4.79 Å². The van der Waals surface area contributed by atoms with Gasteiger partial charge >= 0.3 is 6.09 Å². The van der Waals surface area contributed by atoms with E-state index in [1.54, 1.807) is 7.05 Å². The Labute approximate surface area is 59.5 Å². The average molecular weight is 152 g/mol. The number of rotatable bonds is 2. The van der Waals surface area contributed by atoms with Gasteiger partial charge in [0.2, 0.25) is 0 Å². The highest BCUT2D eigenvalue weighted by Crippen LogP contribution is 1.87. The number of hydrogen-bond acceptors (Lipinski definition) is 2. The van der Waals surface area contributed by atoms with Gasteiger partial charge in [0, 0.05) is 19.5 Å². The number of carbonyl (C=O) groups excluding carboxylic acids is 1. The number of nitrogens with zero attached hydrogens (tertiary/aromatic N) is 1. The number of alkyl halides is 1. The molecule has 0 aliphatic rings. The van der Waals surface area contributed by atoms with Crippen molar-refractivity contribution < 1.29 is 9.53 Å². The van der Waals surface area contributed by atoms with E-state index in [2.05, 4.69) is 4.74 Å². The van der Waals surface area contributed by atoms with Crippen LogP contribution in [0.5, 0.6) is 0 Å². The Balaban J connectivity index is 3.45. The number of hydrogen-bond donors (Lipinski definition) is 0. The van der Waals surface area contributed by atoms with Crippen LogP contribution in [-0.4, -0.2) is 37.6 Å². The highest BCUT2D eigenvalue weighted by atomic mass is 35.5. The van der Waals surface area contributed by atoms with E-state index in [-0.39, 0.29) is 6.09 Å². The largest absolute Gasteiger partial charge is 0.453 e. The van der Waals surface area contributed by atoms with Crippen LogP contribution in [0, 0.1) is 0 Å². The quantitative estimate of drug-likeness (QED) is 0.550. The number of amides is 1. The summed E-state index contributed by atoms with van der Waals surface area (Å²) in [4.78, 5) is 12.0. The maximum Gasteiger partial charge on any atom is 0.409 e. The Morgan fingerprint density at radius 1 is 1.78 bits per heavy atom. The number of ether oxygens (including phenoxy) is 1. The molecular weight excluding hydrogens is 142 g/mol. The Morgan fingerprint density at radius 2 is 2.33 bits per heavy atom. The van der Waals surface area contributed by atoms with E-state index in [1.807, 2.05) is 0 Å². The predicted molar refractivity (Wildman–Crippen MR) is 35.8 cm³/mol. The molecule has 0 saturated heterocycles. The summed E-state index contributed by atoms with van der Waals surface area (Å²) >= 11 is 5.35. The minimum Gasteiger partial charge on any atom is -0.453 e. The molecule has 0 unspecified atom stereocenters. The molecule has 0 atom stereocenters. The summed E-state index contributed by atoms with van der Waals surface area (Å²) in [5, 5.41) is 0. The van der Waals surface area contributed by atoms with Crippen molar-refractivity contribution in [1.82, 2.24) is 4.90 Å². The molecule has 0 aliphatic heterocycles. The molecule has 0 aromatic carbocycles. The van der Waals surface area contributed by atoms with E-state index >= 15 is 0 Å². The fourth-order valence-electron chi connectivity index (χ4n) is 0.374. The maximum atomic E-state index is 10.5. The first kappa shape index (κ1) is 8.56. The summed E-state index contributed by atoms with van der Waals surface area (Å²) < 4.78 is 4.39. The van der Waals surface area contributed by atoms with Crippen molar-refractivity contribution in [2.24, 2.45) is 0 Å². The average Bonchev–Trinajstić information content (AvgIpc) is 1.87. The Morgan fingerprint density at radius 3 is 2.67 bits per heavy atom. The molecule has 0 bridgehead atoms. The van der Waals surface area contributed by atoms with E-state index in [0.717, 1.165) is 0 Å². The van der Waals surface area contributed by atoms with Gasteiger partial charge in [-0.1, -0.05) is 0 Å². The summed E-state index contributed by atoms with van der Waals surface area (Å²) in [6, 6.07) is 0. The molecule has 4 heteroatoms. The third-order valence-electron chi connectivity index (χ3n) is 0.906. The van der Waals surface area contributed by atoms with Crippen molar-refractivity contribution in [3.63, 3.8) is 0 Å². The summed E-state index contributed by atoms with van der Waals surface area (Å²) in [7, 11) is 2.97. The van der Waals surface area contributed by atoms with Gasteiger partial charge in [0.1, 0.15) is 0 Å². The molecule has 0 N–H and O–H groups in total. The highest BCUT2D eigenvalue weighted by molar-refractivity contribution is 6.18. The molecule has 0 spiro atoms. The van der Waals surface area contributed by atoms with Crippen LogP contribution in [0.1, 0.15) is 0 Å². The molecule has 0 rings (SSSR count). The number of carbonyl (C=O) groups is 1. The molecule has 0 saturated carbocycles. The first-order valence-electron chi connectivity index (χ1n) is 2.57. The standard InChI is InChI=1S/C5H10ClNO2/c1-7(4-3-6)5(8)9-2/h3-4H2,1-2H3. The van der Waals surface area contributed by atoms with Crippen LogP contribution < -0.4 is 0 Å². The summed E-state index contributed by atoms with van der Waals surface area (Å²) in [6.07, 6.45) is -0.351. The minimum absolute atomic E-state index is 0.351. The van der Waals surface area contributed by atoms with Crippen molar-refractivity contribution >= 4 is 17.7 Å². The molecule has 9 heavy (non-hydrogen) atoms. The fourth-order valence-corrected chi connectivity index (χ4v) is 0.627. The topological polar surface area (TPSA) is 29.5 Å². The van der Waals surface area contributed by atoms with Gasteiger partial charge in [0.05, 0.1) is 7.11 Å². The van der Waals surface area contributed by atoms with Gasteiger partial charge in [-0.2, -0.15) is 0 Å². The Hall–Kier alpha value is -0.440. The zero-order valence-corrected chi connectivity index (χ0v) is 6.31. The molecule has 54 valence electrons. The van der Waals surface area contributed by atoms with E-state index in [0.29, 0.717) is 12.4 Å². The lowest BCUT2D eigenvalue weighted by atomic mass is 10.7. The summed E-state index contributed by atoms with van der Waals surface area (Å²) in [6.45, 7) is 0.522. The van der Waals surface area contributed by atoms with E-state index in [4.69, 9.17) is 11.6 Å². The van der Waals surface area contributed by atoms with Gasteiger partial charge in [-0.15, -0.1) is 11.6 Å². The smallest absolute Gasteiger partial charge is 0.409 e. The van der Waals surface area contributed by atoms with Gasteiger partial charge < -0.3 is 9.64 Å². The monoisotopic (exact) mass is 151 g/mol. The first-order chi connectivity index (χ1) is 4.22. The third kappa shape index (κ3) is 3.19. The van der Waals surface area contributed by atoms with Gasteiger partial charge in [-0.05, 0) is 0 Å². The first-order valence-corrected chi connectivity index (χ1v) is 3.11. The number of halogens is 1. The molecular formula is C5H10ClNO2. The normalized spacial score (nSPS) is 8.78.